The fraction of sp³-hybridized carbons (Fsp3) is 0.632. The second-order valence-electron chi connectivity index (χ2n) is 6.73. The number of likely N-dealkylation sites (N-methyl/N-ethyl adjacent to an activating group) is 1. The van der Waals surface area contributed by atoms with E-state index >= 15 is 0 Å². The average molecular weight is 334 g/mol. The molecule has 1 aliphatic heterocycles. The molecule has 0 radical (unpaired) electrons. The van der Waals surface area contributed by atoms with Crippen molar-refractivity contribution in [1.82, 2.24) is 10.2 Å². The number of aliphatic hydroxyl groups is 1. The van der Waals surface area contributed by atoms with Gasteiger partial charge in [0.25, 0.3) is 0 Å². The lowest BCUT2D eigenvalue weighted by Gasteiger charge is -2.39. The van der Waals surface area contributed by atoms with Gasteiger partial charge in [0.15, 0.2) is 0 Å². The highest BCUT2D eigenvalue weighted by Gasteiger charge is 2.42. The van der Waals surface area contributed by atoms with E-state index in [0.717, 1.165) is 37.1 Å². The lowest BCUT2D eigenvalue weighted by atomic mass is 9.78. The second-order valence-corrected chi connectivity index (χ2v) is 6.73. The van der Waals surface area contributed by atoms with Gasteiger partial charge in [-0.25, -0.2) is 0 Å². The summed E-state index contributed by atoms with van der Waals surface area (Å²) in [7, 11) is 1.65. The minimum Gasteiger partial charge on any atom is -0.387 e. The number of nitrogens with zero attached hydrogens (tertiary/aromatic N) is 1. The van der Waals surface area contributed by atoms with Crippen LogP contribution in [0, 0.1) is 12.3 Å². The first-order valence-corrected chi connectivity index (χ1v) is 8.76. The number of hydrogen-bond donors (Lipinski definition) is 2. The van der Waals surface area contributed by atoms with Crippen molar-refractivity contribution in [2.24, 2.45) is 5.41 Å². The number of aliphatic hydroxyl groups excluding tert-OH is 1. The topological polar surface area (TPSA) is 61.8 Å². The van der Waals surface area contributed by atoms with Crippen molar-refractivity contribution in [2.75, 3.05) is 39.9 Å². The van der Waals surface area contributed by atoms with Crippen LogP contribution in [0.5, 0.6) is 0 Å². The van der Waals surface area contributed by atoms with Crippen molar-refractivity contribution in [2.45, 2.75) is 32.8 Å². The molecule has 1 atom stereocenters. The fourth-order valence-electron chi connectivity index (χ4n) is 3.40. The number of hydrogen-bond acceptors (Lipinski definition) is 4. The molecule has 134 valence electrons. The van der Waals surface area contributed by atoms with E-state index in [-0.39, 0.29) is 5.91 Å². The van der Waals surface area contributed by atoms with Crippen LogP contribution >= 0.6 is 0 Å². The van der Waals surface area contributed by atoms with E-state index in [4.69, 9.17) is 4.74 Å². The fourth-order valence-corrected chi connectivity index (χ4v) is 3.40. The van der Waals surface area contributed by atoms with E-state index in [1.807, 2.05) is 38.1 Å². The predicted molar refractivity (Wildman–Crippen MR) is 94.8 cm³/mol. The third kappa shape index (κ3) is 4.35. The Bertz CT molecular complexity index is 518. The van der Waals surface area contributed by atoms with Gasteiger partial charge in [0, 0.05) is 13.7 Å². The van der Waals surface area contributed by atoms with Crippen LogP contribution in [0.3, 0.4) is 0 Å². The largest absolute Gasteiger partial charge is 0.387 e. The normalized spacial score (nSPS) is 18.2. The Morgan fingerprint density at radius 3 is 2.50 bits per heavy atom. The number of carbonyl (C=O) groups excluding carboxylic acids is 1. The van der Waals surface area contributed by atoms with Crippen molar-refractivity contribution >= 4 is 5.91 Å². The minimum atomic E-state index is -0.671. The molecule has 0 aromatic heterocycles. The van der Waals surface area contributed by atoms with E-state index in [1.54, 1.807) is 12.0 Å². The van der Waals surface area contributed by atoms with Crippen LogP contribution in [0.4, 0.5) is 0 Å². The van der Waals surface area contributed by atoms with Gasteiger partial charge in [-0.2, -0.15) is 0 Å². The molecule has 1 aromatic carbocycles. The Hall–Kier alpha value is -1.43. The molecule has 2 N–H and O–H groups in total. The van der Waals surface area contributed by atoms with Crippen LogP contribution in [0.25, 0.3) is 0 Å². The van der Waals surface area contributed by atoms with Crippen molar-refractivity contribution in [1.29, 1.82) is 0 Å². The molecule has 2 rings (SSSR count). The summed E-state index contributed by atoms with van der Waals surface area (Å²) in [5.74, 6) is 0.0968. The number of benzene rings is 1. The van der Waals surface area contributed by atoms with Gasteiger partial charge in [0.1, 0.15) is 0 Å². The van der Waals surface area contributed by atoms with Crippen molar-refractivity contribution in [3.8, 4) is 0 Å². The third-order valence-electron chi connectivity index (χ3n) is 4.96. The maximum absolute atomic E-state index is 13.2. The molecular weight excluding hydrogens is 304 g/mol. The number of amides is 1. The van der Waals surface area contributed by atoms with Gasteiger partial charge >= 0.3 is 0 Å². The molecule has 24 heavy (non-hydrogen) atoms. The molecule has 1 fully saturated rings. The zero-order valence-corrected chi connectivity index (χ0v) is 15.0. The van der Waals surface area contributed by atoms with E-state index in [0.29, 0.717) is 19.7 Å². The third-order valence-corrected chi connectivity index (χ3v) is 4.96. The van der Waals surface area contributed by atoms with E-state index < -0.39 is 11.5 Å². The number of methoxy groups -OCH3 is 1. The molecule has 1 heterocycles. The highest BCUT2D eigenvalue weighted by atomic mass is 16.5. The number of ether oxygens (including phenoxy) is 1. The van der Waals surface area contributed by atoms with Crippen molar-refractivity contribution in [3.63, 3.8) is 0 Å². The van der Waals surface area contributed by atoms with E-state index in [2.05, 4.69) is 5.32 Å². The van der Waals surface area contributed by atoms with Gasteiger partial charge in [0.05, 0.1) is 24.7 Å². The lowest BCUT2D eigenvalue weighted by Crippen LogP contribution is -2.52. The SMILES string of the molecule is CCN(CC(O)c1ccc(C)cc1)C(=O)C1(COC)CCNCC1. The highest BCUT2D eigenvalue weighted by molar-refractivity contribution is 5.83. The molecule has 1 unspecified atom stereocenters. The van der Waals surface area contributed by atoms with Gasteiger partial charge in [-0.15, -0.1) is 0 Å². The minimum absolute atomic E-state index is 0.0968. The number of carbonyl (C=O) groups is 1. The zero-order valence-electron chi connectivity index (χ0n) is 15.0. The summed E-state index contributed by atoms with van der Waals surface area (Å²) >= 11 is 0. The molecule has 1 amide bonds. The van der Waals surface area contributed by atoms with Gasteiger partial charge in [-0.1, -0.05) is 29.8 Å². The Morgan fingerprint density at radius 1 is 1.33 bits per heavy atom. The van der Waals surface area contributed by atoms with Crippen molar-refractivity contribution in [3.05, 3.63) is 35.4 Å². The summed E-state index contributed by atoms with van der Waals surface area (Å²) in [4.78, 5) is 14.9. The quantitative estimate of drug-likeness (QED) is 0.799. The van der Waals surface area contributed by atoms with E-state index in [1.165, 1.54) is 0 Å². The molecule has 5 heteroatoms. The zero-order chi connectivity index (χ0) is 17.6. The number of aryl methyl sites for hydroxylation is 1. The van der Waals surface area contributed by atoms with E-state index in [9.17, 15) is 9.90 Å². The summed E-state index contributed by atoms with van der Waals surface area (Å²) in [6.07, 6.45) is 0.879. The van der Waals surface area contributed by atoms with Gasteiger partial charge in [0.2, 0.25) is 5.91 Å². The van der Waals surface area contributed by atoms with Gasteiger partial charge in [-0.3, -0.25) is 4.79 Å². The molecule has 1 saturated heterocycles. The molecule has 0 saturated carbocycles. The van der Waals surface area contributed by atoms with Gasteiger partial charge in [-0.05, 0) is 45.3 Å². The monoisotopic (exact) mass is 334 g/mol. The van der Waals surface area contributed by atoms with Crippen LogP contribution in [-0.2, 0) is 9.53 Å². The molecule has 0 spiro atoms. The summed E-state index contributed by atoms with van der Waals surface area (Å²) in [5.41, 5.74) is 1.53. The maximum atomic E-state index is 13.2. The Labute approximate surface area is 145 Å². The Morgan fingerprint density at radius 2 is 1.96 bits per heavy atom. The number of rotatable bonds is 7. The summed E-state index contributed by atoms with van der Waals surface area (Å²) in [6.45, 7) is 6.97. The average Bonchev–Trinajstić information content (AvgIpc) is 2.60. The Balaban J connectivity index is 2.10. The second kappa shape index (κ2) is 8.60. The summed E-state index contributed by atoms with van der Waals surface area (Å²) in [6, 6.07) is 7.81. The molecule has 1 aliphatic rings. The molecular formula is C19H30N2O3. The lowest BCUT2D eigenvalue weighted by molar-refractivity contribution is -0.148. The molecule has 0 aliphatic carbocycles. The Kier molecular flexibility index (Phi) is 6.78. The summed E-state index contributed by atoms with van der Waals surface area (Å²) in [5, 5.41) is 13.8. The molecule has 1 aromatic rings. The molecule has 0 bridgehead atoms. The first kappa shape index (κ1) is 18.9. The van der Waals surface area contributed by atoms with Crippen LogP contribution in [0.1, 0.15) is 37.0 Å². The molecule has 5 nitrogen and oxygen atoms in total. The number of piperidine rings is 1. The van der Waals surface area contributed by atoms with Crippen LogP contribution in [-0.4, -0.2) is 55.8 Å². The first-order chi connectivity index (χ1) is 11.5. The first-order valence-electron chi connectivity index (χ1n) is 8.76. The summed E-state index contributed by atoms with van der Waals surface area (Å²) < 4.78 is 5.37. The highest BCUT2D eigenvalue weighted by Crippen LogP contribution is 2.32. The maximum Gasteiger partial charge on any atom is 0.231 e. The van der Waals surface area contributed by atoms with Crippen LogP contribution in [0.15, 0.2) is 24.3 Å². The predicted octanol–water partition coefficient (Wildman–Crippen LogP) is 1.89. The standard InChI is InChI=1S/C19H30N2O3/c1-4-21(13-17(22)16-7-5-15(2)6-8-16)18(23)19(14-24-3)9-11-20-12-10-19/h5-8,17,20,22H,4,9-14H2,1-3H3. The van der Waals surface area contributed by atoms with Gasteiger partial charge < -0.3 is 20.1 Å². The van der Waals surface area contributed by atoms with Crippen molar-refractivity contribution < 1.29 is 14.6 Å². The van der Waals surface area contributed by atoms with Crippen LogP contribution in [0.2, 0.25) is 0 Å². The number of nitrogens with one attached hydrogen (secondary N) is 1. The smallest absolute Gasteiger partial charge is 0.231 e. The van der Waals surface area contributed by atoms with Crippen LogP contribution < -0.4 is 5.32 Å².